The fourth-order valence-corrected chi connectivity index (χ4v) is 5.76. The Hall–Kier alpha value is -2.19. The van der Waals surface area contributed by atoms with Crippen molar-refractivity contribution in [2.45, 2.75) is 45.1 Å². The number of aryl methyl sites for hydroxylation is 1. The van der Waals surface area contributed by atoms with Gasteiger partial charge in [-0.05, 0) is 50.7 Å². The van der Waals surface area contributed by atoms with Gasteiger partial charge in [-0.25, -0.2) is 18.4 Å². The van der Waals surface area contributed by atoms with E-state index in [9.17, 15) is 8.42 Å². The molecule has 2 aliphatic rings. The number of hydrogen-bond acceptors (Lipinski definition) is 6. The van der Waals surface area contributed by atoms with E-state index in [4.69, 9.17) is 14.7 Å². The maximum atomic E-state index is 12.2. The highest BCUT2D eigenvalue weighted by Gasteiger charge is 2.35. The topological polar surface area (TPSA) is 75.6 Å². The van der Waals surface area contributed by atoms with Crippen molar-refractivity contribution in [1.82, 2.24) is 14.3 Å². The predicted molar refractivity (Wildman–Crippen MR) is 118 cm³/mol. The molecule has 1 fully saturated rings. The summed E-state index contributed by atoms with van der Waals surface area (Å²) in [6.45, 7) is 4.34. The zero-order valence-corrected chi connectivity index (χ0v) is 18.8. The van der Waals surface area contributed by atoms with Gasteiger partial charge in [-0.3, -0.25) is 0 Å². The van der Waals surface area contributed by atoms with Crippen LogP contribution in [0.3, 0.4) is 0 Å². The second-order valence-electron chi connectivity index (χ2n) is 8.15. The molecule has 0 radical (unpaired) electrons. The van der Waals surface area contributed by atoms with Crippen molar-refractivity contribution in [3.8, 4) is 5.75 Å². The number of benzene rings is 1. The number of methoxy groups -OCH3 is 1. The number of nitrogens with zero attached hydrogens (tertiary/aromatic N) is 4. The molecular weight excluding hydrogens is 400 g/mol. The summed E-state index contributed by atoms with van der Waals surface area (Å²) in [7, 11) is -1.57. The van der Waals surface area contributed by atoms with Crippen LogP contribution in [0.25, 0.3) is 0 Å². The molecule has 1 saturated heterocycles. The van der Waals surface area contributed by atoms with Crippen LogP contribution in [-0.2, 0) is 22.9 Å². The van der Waals surface area contributed by atoms with Crippen molar-refractivity contribution < 1.29 is 13.2 Å². The molecule has 0 saturated carbocycles. The first kappa shape index (κ1) is 21.1. The molecule has 0 unspecified atom stereocenters. The lowest BCUT2D eigenvalue weighted by atomic mass is 10.0. The van der Waals surface area contributed by atoms with E-state index in [2.05, 4.69) is 11.0 Å². The van der Waals surface area contributed by atoms with Crippen molar-refractivity contribution in [2.75, 3.05) is 37.9 Å². The lowest BCUT2D eigenvalue weighted by molar-refractivity contribution is 0.385. The quantitative estimate of drug-likeness (QED) is 0.701. The molecule has 0 N–H and O–H groups in total. The molecule has 4 rings (SSSR count). The third-order valence-electron chi connectivity index (χ3n) is 6.14. The zero-order valence-electron chi connectivity index (χ0n) is 18.0. The number of aromatic nitrogens is 2. The van der Waals surface area contributed by atoms with Crippen LogP contribution in [0.4, 0.5) is 5.82 Å². The van der Waals surface area contributed by atoms with Crippen LogP contribution in [0.15, 0.2) is 24.3 Å². The minimum Gasteiger partial charge on any atom is -0.496 e. The van der Waals surface area contributed by atoms with Crippen molar-refractivity contribution in [3.63, 3.8) is 0 Å². The SMILES string of the molecule is COc1ccccc1CCN1CCCc2c(C)nc([C@H]3CCCN3S(C)(=O)=O)nc21. The molecule has 162 valence electrons. The van der Waals surface area contributed by atoms with Gasteiger partial charge in [0.15, 0.2) is 0 Å². The third-order valence-corrected chi connectivity index (χ3v) is 7.42. The molecule has 0 bridgehead atoms. The van der Waals surface area contributed by atoms with Crippen LogP contribution < -0.4 is 9.64 Å². The minimum absolute atomic E-state index is 0.262. The van der Waals surface area contributed by atoms with E-state index in [0.717, 1.165) is 62.5 Å². The molecule has 0 amide bonds. The standard InChI is InChI=1S/C22H30N4O3S/c1-16-18-9-6-13-25(15-12-17-8-4-5-11-20(17)29-2)22(18)24-21(23-16)19-10-7-14-26(19)30(3,27)28/h4-5,8,11,19H,6-7,9-10,12-15H2,1-3H3/t19-/m1/s1. The van der Waals surface area contributed by atoms with Gasteiger partial charge in [-0.2, -0.15) is 4.31 Å². The number of ether oxygens (including phenoxy) is 1. The summed E-state index contributed by atoms with van der Waals surface area (Å²) in [6, 6.07) is 7.84. The Morgan fingerprint density at radius 3 is 2.73 bits per heavy atom. The van der Waals surface area contributed by atoms with Crippen molar-refractivity contribution in [2.24, 2.45) is 0 Å². The maximum Gasteiger partial charge on any atom is 0.211 e. The molecule has 2 aliphatic heterocycles. The van der Waals surface area contributed by atoms with Crippen LogP contribution in [0.2, 0.25) is 0 Å². The molecule has 0 spiro atoms. The molecule has 2 aromatic rings. The number of sulfonamides is 1. The van der Waals surface area contributed by atoms with Crippen molar-refractivity contribution in [3.05, 3.63) is 46.9 Å². The highest BCUT2D eigenvalue weighted by atomic mass is 32.2. The summed E-state index contributed by atoms with van der Waals surface area (Å²) < 4.78 is 31.5. The van der Waals surface area contributed by atoms with E-state index in [0.29, 0.717) is 12.4 Å². The number of anilines is 1. The largest absolute Gasteiger partial charge is 0.496 e. The Morgan fingerprint density at radius 2 is 1.97 bits per heavy atom. The molecule has 3 heterocycles. The van der Waals surface area contributed by atoms with Crippen LogP contribution in [0.5, 0.6) is 5.75 Å². The summed E-state index contributed by atoms with van der Waals surface area (Å²) in [5, 5.41) is 0. The van der Waals surface area contributed by atoms with Gasteiger partial charge in [0.05, 0.1) is 19.4 Å². The second-order valence-corrected chi connectivity index (χ2v) is 10.1. The van der Waals surface area contributed by atoms with Gasteiger partial charge in [0.25, 0.3) is 0 Å². The van der Waals surface area contributed by atoms with Gasteiger partial charge >= 0.3 is 0 Å². The van der Waals surface area contributed by atoms with Gasteiger partial charge in [-0.1, -0.05) is 18.2 Å². The third kappa shape index (κ3) is 4.16. The summed E-state index contributed by atoms with van der Waals surface area (Å²) >= 11 is 0. The number of hydrogen-bond donors (Lipinski definition) is 0. The Bertz CT molecular complexity index is 1030. The summed E-state index contributed by atoms with van der Waals surface area (Å²) in [6.07, 6.45) is 5.78. The van der Waals surface area contributed by atoms with Gasteiger partial charge in [0, 0.05) is 30.9 Å². The van der Waals surface area contributed by atoms with Gasteiger partial charge in [0.1, 0.15) is 17.4 Å². The van der Waals surface area contributed by atoms with Gasteiger partial charge in [-0.15, -0.1) is 0 Å². The first-order valence-electron chi connectivity index (χ1n) is 10.6. The number of fused-ring (bicyclic) bond motifs is 1. The number of para-hydroxylation sites is 1. The molecular formula is C22H30N4O3S. The van der Waals surface area contributed by atoms with Crippen LogP contribution in [0.1, 0.15) is 47.9 Å². The van der Waals surface area contributed by atoms with Crippen molar-refractivity contribution in [1.29, 1.82) is 0 Å². The zero-order chi connectivity index (χ0) is 21.3. The van der Waals surface area contributed by atoms with E-state index in [1.165, 1.54) is 17.4 Å². The smallest absolute Gasteiger partial charge is 0.211 e. The lowest BCUT2D eigenvalue weighted by Gasteiger charge is -2.32. The van der Waals surface area contributed by atoms with E-state index in [1.807, 2.05) is 25.1 Å². The summed E-state index contributed by atoms with van der Waals surface area (Å²) in [5.74, 6) is 2.52. The fraction of sp³-hybridized carbons (Fsp3) is 0.545. The molecule has 0 aliphatic carbocycles. The molecule has 8 heteroatoms. The Balaban J connectivity index is 1.62. The van der Waals surface area contributed by atoms with Crippen LogP contribution >= 0.6 is 0 Å². The molecule has 1 aromatic carbocycles. The minimum atomic E-state index is -3.28. The van der Waals surface area contributed by atoms with E-state index in [-0.39, 0.29) is 6.04 Å². The predicted octanol–water partition coefficient (Wildman–Crippen LogP) is 2.89. The highest BCUT2D eigenvalue weighted by molar-refractivity contribution is 7.88. The summed E-state index contributed by atoms with van der Waals surface area (Å²) in [4.78, 5) is 12.0. The van der Waals surface area contributed by atoms with Crippen LogP contribution in [0, 0.1) is 6.92 Å². The first-order chi connectivity index (χ1) is 14.4. The Morgan fingerprint density at radius 1 is 1.17 bits per heavy atom. The number of rotatable bonds is 6. The van der Waals surface area contributed by atoms with Crippen LogP contribution in [-0.4, -0.2) is 55.7 Å². The summed E-state index contributed by atoms with van der Waals surface area (Å²) in [5.41, 5.74) is 3.34. The Labute approximate surface area is 179 Å². The van der Waals surface area contributed by atoms with Gasteiger partial charge < -0.3 is 9.64 Å². The van der Waals surface area contributed by atoms with Gasteiger partial charge in [0.2, 0.25) is 10.0 Å². The van der Waals surface area contributed by atoms with E-state index >= 15 is 0 Å². The average Bonchev–Trinajstić information content (AvgIpc) is 3.23. The molecule has 30 heavy (non-hydrogen) atoms. The molecule has 1 atom stereocenters. The molecule has 1 aromatic heterocycles. The maximum absolute atomic E-state index is 12.2. The molecule has 7 nitrogen and oxygen atoms in total. The Kier molecular flexibility index (Phi) is 5.97. The van der Waals surface area contributed by atoms with E-state index < -0.39 is 10.0 Å². The monoisotopic (exact) mass is 430 g/mol. The average molecular weight is 431 g/mol. The first-order valence-corrected chi connectivity index (χ1v) is 12.4. The fourth-order valence-electron chi connectivity index (χ4n) is 4.64. The lowest BCUT2D eigenvalue weighted by Crippen LogP contribution is -2.35. The van der Waals surface area contributed by atoms with Crippen molar-refractivity contribution >= 4 is 15.8 Å². The second kappa shape index (κ2) is 8.51. The normalized spacial score (nSPS) is 19.7. The highest BCUT2D eigenvalue weighted by Crippen LogP contribution is 2.35. The van der Waals surface area contributed by atoms with E-state index in [1.54, 1.807) is 11.4 Å².